The molecule has 0 spiro atoms. The zero-order chi connectivity index (χ0) is 26.9. The van der Waals surface area contributed by atoms with Crippen molar-refractivity contribution in [3.05, 3.63) is 82.7 Å². The van der Waals surface area contributed by atoms with Gasteiger partial charge in [-0.05, 0) is 72.6 Å². The van der Waals surface area contributed by atoms with Gasteiger partial charge in [0.1, 0.15) is 17.3 Å². The third-order valence-electron chi connectivity index (χ3n) is 6.22. The number of hydrogen-bond donors (Lipinski definition) is 1. The van der Waals surface area contributed by atoms with Crippen LogP contribution in [0.3, 0.4) is 0 Å². The molecule has 3 aromatic carbocycles. The summed E-state index contributed by atoms with van der Waals surface area (Å²) in [6, 6.07) is 12.2. The van der Waals surface area contributed by atoms with Crippen LogP contribution in [0.4, 0.5) is 10.1 Å². The zero-order valence-corrected chi connectivity index (χ0v) is 21.0. The Morgan fingerprint density at radius 2 is 1.43 bits per heavy atom. The van der Waals surface area contributed by atoms with Crippen molar-refractivity contribution in [2.45, 2.75) is 13.0 Å². The Bertz CT molecular complexity index is 1370. The lowest BCUT2D eigenvalue weighted by Crippen LogP contribution is -2.29. The monoisotopic (exact) mass is 507 g/mol. The van der Waals surface area contributed by atoms with Crippen LogP contribution < -0.4 is 23.8 Å². The molecule has 4 rings (SSSR count). The van der Waals surface area contributed by atoms with Crippen LogP contribution in [0.5, 0.6) is 23.0 Å². The average Bonchev–Trinajstić information content (AvgIpc) is 3.17. The summed E-state index contributed by atoms with van der Waals surface area (Å²) in [7, 11) is 5.87. The van der Waals surface area contributed by atoms with Crippen molar-refractivity contribution in [1.82, 2.24) is 0 Å². The summed E-state index contributed by atoms with van der Waals surface area (Å²) in [5.41, 5.74) is 1.58. The molecule has 0 aromatic heterocycles. The predicted molar refractivity (Wildman–Crippen MR) is 135 cm³/mol. The molecule has 0 aliphatic carbocycles. The molecule has 1 atom stereocenters. The lowest BCUT2D eigenvalue weighted by molar-refractivity contribution is -0.132. The molecule has 1 N–H and O–H groups in total. The van der Waals surface area contributed by atoms with Gasteiger partial charge in [0.25, 0.3) is 11.7 Å². The summed E-state index contributed by atoms with van der Waals surface area (Å²) in [6.07, 6.45) is 0. The van der Waals surface area contributed by atoms with Gasteiger partial charge in [0.05, 0.1) is 40.1 Å². The van der Waals surface area contributed by atoms with E-state index in [1.807, 2.05) is 0 Å². The van der Waals surface area contributed by atoms with Gasteiger partial charge in [-0.25, -0.2) is 4.39 Å². The van der Waals surface area contributed by atoms with Crippen LogP contribution in [-0.2, 0) is 9.59 Å². The van der Waals surface area contributed by atoms with Crippen LogP contribution in [0.1, 0.15) is 22.7 Å². The summed E-state index contributed by atoms with van der Waals surface area (Å²) in [4.78, 5) is 28.0. The van der Waals surface area contributed by atoms with Crippen molar-refractivity contribution in [3.8, 4) is 23.0 Å². The second kappa shape index (κ2) is 10.2. The van der Waals surface area contributed by atoms with Crippen LogP contribution in [-0.4, -0.2) is 45.2 Å². The molecule has 1 aliphatic rings. The fourth-order valence-electron chi connectivity index (χ4n) is 4.46. The Morgan fingerprint density at radius 3 is 1.95 bits per heavy atom. The lowest BCUT2D eigenvalue weighted by Gasteiger charge is -2.26. The Balaban J connectivity index is 2.01. The third kappa shape index (κ3) is 4.44. The van der Waals surface area contributed by atoms with E-state index in [4.69, 9.17) is 18.9 Å². The molecular formula is C28H26FNO7. The molecule has 9 heteroatoms. The maximum atomic E-state index is 13.7. The highest BCUT2D eigenvalue weighted by Gasteiger charge is 2.47. The normalized spacial score (nSPS) is 16.6. The van der Waals surface area contributed by atoms with Crippen molar-refractivity contribution in [2.75, 3.05) is 33.3 Å². The minimum absolute atomic E-state index is 0.145. The lowest BCUT2D eigenvalue weighted by atomic mass is 9.94. The second-order valence-corrected chi connectivity index (χ2v) is 8.29. The Morgan fingerprint density at radius 1 is 0.838 bits per heavy atom. The van der Waals surface area contributed by atoms with Gasteiger partial charge in [-0.15, -0.1) is 0 Å². The summed E-state index contributed by atoms with van der Waals surface area (Å²) >= 11 is 0. The van der Waals surface area contributed by atoms with E-state index >= 15 is 0 Å². The fraction of sp³-hybridized carbons (Fsp3) is 0.214. The molecule has 192 valence electrons. The zero-order valence-electron chi connectivity index (χ0n) is 21.0. The van der Waals surface area contributed by atoms with E-state index in [0.29, 0.717) is 34.1 Å². The van der Waals surface area contributed by atoms with E-state index in [1.54, 1.807) is 37.3 Å². The Hall–Kier alpha value is -4.53. The first-order valence-electron chi connectivity index (χ1n) is 11.3. The van der Waals surface area contributed by atoms with Gasteiger partial charge in [-0.3, -0.25) is 14.5 Å². The first-order chi connectivity index (χ1) is 17.7. The molecule has 37 heavy (non-hydrogen) atoms. The summed E-state index contributed by atoms with van der Waals surface area (Å²) in [5, 5.41) is 11.4. The minimum Gasteiger partial charge on any atom is -0.507 e. The van der Waals surface area contributed by atoms with Crippen LogP contribution in [0.25, 0.3) is 5.76 Å². The van der Waals surface area contributed by atoms with Crippen LogP contribution in [0.2, 0.25) is 0 Å². The molecule has 0 radical (unpaired) electrons. The maximum absolute atomic E-state index is 13.7. The standard InChI is InChI=1S/C28H26FNO7/c1-15-12-16(6-11-20(15)34-2)25(31)23-24(17-13-21(35-3)27(37-5)22(14-17)36-4)30(28(33)26(23)32)19-9-7-18(29)8-10-19/h6-14,24,31H,1-5H3/b25-23+. The molecule has 3 aromatic rings. The number of carbonyl (C=O) groups excluding carboxylic acids is 2. The maximum Gasteiger partial charge on any atom is 0.300 e. The highest BCUT2D eigenvalue weighted by molar-refractivity contribution is 6.51. The quantitative estimate of drug-likeness (QED) is 0.279. The largest absolute Gasteiger partial charge is 0.507 e. The van der Waals surface area contributed by atoms with Crippen molar-refractivity contribution >= 4 is 23.1 Å². The van der Waals surface area contributed by atoms with Gasteiger partial charge in [0, 0.05) is 11.3 Å². The molecule has 1 amide bonds. The number of aliphatic hydroxyl groups excluding tert-OH is 1. The van der Waals surface area contributed by atoms with Gasteiger partial charge in [0.2, 0.25) is 5.75 Å². The number of rotatable bonds is 7. The summed E-state index contributed by atoms with van der Waals surface area (Å²) in [6.45, 7) is 1.80. The number of Topliss-reactive ketones (excluding diaryl/α,β-unsaturated/α-hetero) is 1. The topological polar surface area (TPSA) is 94.5 Å². The van der Waals surface area contributed by atoms with Crippen molar-refractivity contribution < 1.29 is 38.0 Å². The fourth-order valence-corrected chi connectivity index (χ4v) is 4.46. The number of methoxy groups -OCH3 is 4. The number of halogens is 1. The van der Waals surface area contributed by atoms with Crippen molar-refractivity contribution in [1.29, 1.82) is 0 Å². The van der Waals surface area contributed by atoms with E-state index in [2.05, 4.69) is 0 Å². The Kier molecular flexibility index (Phi) is 7.06. The predicted octanol–water partition coefficient (Wildman–Crippen LogP) is 4.79. The van der Waals surface area contributed by atoms with E-state index < -0.39 is 23.5 Å². The highest BCUT2D eigenvalue weighted by Crippen LogP contribution is 2.47. The van der Waals surface area contributed by atoms with Crippen LogP contribution in [0, 0.1) is 12.7 Å². The number of amides is 1. The van der Waals surface area contributed by atoms with Crippen LogP contribution in [0.15, 0.2) is 60.2 Å². The molecule has 1 aliphatic heterocycles. The van der Waals surface area contributed by atoms with Gasteiger partial charge in [0.15, 0.2) is 11.5 Å². The van der Waals surface area contributed by atoms with E-state index in [-0.39, 0.29) is 17.0 Å². The summed E-state index contributed by atoms with van der Waals surface area (Å²) in [5.74, 6) is -1.14. The van der Waals surface area contributed by atoms with E-state index in [0.717, 1.165) is 5.56 Å². The van der Waals surface area contributed by atoms with Gasteiger partial charge in [-0.1, -0.05) is 0 Å². The van der Waals surface area contributed by atoms with E-state index in [1.165, 1.54) is 57.6 Å². The number of hydrogen-bond acceptors (Lipinski definition) is 7. The Labute approximate surface area is 213 Å². The second-order valence-electron chi connectivity index (χ2n) is 8.29. The van der Waals surface area contributed by atoms with E-state index in [9.17, 15) is 19.1 Å². The number of ether oxygens (including phenoxy) is 4. The van der Waals surface area contributed by atoms with Crippen LogP contribution >= 0.6 is 0 Å². The molecule has 1 heterocycles. The SMILES string of the molecule is COc1ccc(/C(O)=C2\C(=O)C(=O)N(c3ccc(F)cc3)C2c2cc(OC)c(OC)c(OC)c2)cc1C. The molecule has 1 fully saturated rings. The molecular weight excluding hydrogens is 481 g/mol. The molecule has 1 unspecified atom stereocenters. The number of ketones is 1. The average molecular weight is 508 g/mol. The number of aryl methyl sites for hydroxylation is 1. The number of anilines is 1. The number of benzene rings is 3. The number of carbonyl (C=O) groups is 2. The molecule has 8 nitrogen and oxygen atoms in total. The first-order valence-corrected chi connectivity index (χ1v) is 11.3. The van der Waals surface area contributed by atoms with Gasteiger partial charge in [-0.2, -0.15) is 0 Å². The molecule has 0 bridgehead atoms. The minimum atomic E-state index is -1.08. The van der Waals surface area contributed by atoms with Gasteiger partial charge < -0.3 is 24.1 Å². The third-order valence-corrected chi connectivity index (χ3v) is 6.22. The molecule has 0 saturated carbocycles. The number of aliphatic hydroxyl groups is 1. The number of nitrogens with zero attached hydrogens (tertiary/aromatic N) is 1. The van der Waals surface area contributed by atoms with Crippen molar-refractivity contribution in [2.24, 2.45) is 0 Å². The van der Waals surface area contributed by atoms with Gasteiger partial charge >= 0.3 is 0 Å². The molecule has 1 saturated heterocycles. The van der Waals surface area contributed by atoms with Crippen molar-refractivity contribution in [3.63, 3.8) is 0 Å². The smallest absolute Gasteiger partial charge is 0.300 e. The summed E-state index contributed by atoms with van der Waals surface area (Å²) < 4.78 is 35.4. The highest BCUT2D eigenvalue weighted by atomic mass is 19.1. The first kappa shape index (κ1) is 25.6.